The van der Waals surface area contributed by atoms with Crippen molar-refractivity contribution in [1.29, 1.82) is 0 Å². The fourth-order valence-electron chi connectivity index (χ4n) is 2.34. The Hall–Kier alpha value is -1.82. The summed E-state index contributed by atoms with van der Waals surface area (Å²) < 4.78 is 23.4. The molecule has 1 aromatic rings. The lowest BCUT2D eigenvalue weighted by atomic mass is 10.1. The molecule has 0 atom stereocenters. The molecule has 2 rings (SSSR count). The molecule has 1 heterocycles. The third-order valence-electron chi connectivity index (χ3n) is 3.52. The quantitative estimate of drug-likeness (QED) is 0.904. The maximum atomic E-state index is 13.1. The standard InChI is InChI=1S/C15H21FN2O3/c1-20-13-7-12(8-14(9-13)21-2)17-15(19)10-18-5-3-11(16)4-6-18/h7-9,11H,3-6,10H2,1-2H3,(H,17,19). The van der Waals surface area contributed by atoms with E-state index in [-0.39, 0.29) is 12.5 Å². The molecule has 1 N–H and O–H groups in total. The van der Waals surface area contributed by atoms with Crippen molar-refractivity contribution in [3.05, 3.63) is 18.2 Å². The molecule has 0 aromatic heterocycles. The topological polar surface area (TPSA) is 50.8 Å². The highest BCUT2D eigenvalue weighted by Gasteiger charge is 2.20. The molecular weight excluding hydrogens is 275 g/mol. The number of piperidine rings is 1. The lowest BCUT2D eigenvalue weighted by molar-refractivity contribution is -0.117. The number of likely N-dealkylation sites (tertiary alicyclic amines) is 1. The van der Waals surface area contributed by atoms with Crippen molar-refractivity contribution in [3.8, 4) is 11.5 Å². The summed E-state index contributed by atoms with van der Waals surface area (Å²) in [6.45, 7) is 1.51. The van der Waals surface area contributed by atoms with Crippen molar-refractivity contribution < 1.29 is 18.7 Å². The maximum absolute atomic E-state index is 13.1. The Kier molecular flexibility index (Phi) is 5.38. The Morgan fingerprint density at radius 2 is 1.81 bits per heavy atom. The van der Waals surface area contributed by atoms with Gasteiger partial charge in [0.2, 0.25) is 5.91 Å². The molecular formula is C15H21FN2O3. The van der Waals surface area contributed by atoms with Gasteiger partial charge in [0, 0.05) is 37.0 Å². The Balaban J connectivity index is 1.93. The monoisotopic (exact) mass is 296 g/mol. The van der Waals surface area contributed by atoms with Gasteiger partial charge in [0.05, 0.1) is 20.8 Å². The van der Waals surface area contributed by atoms with E-state index in [4.69, 9.17) is 9.47 Å². The number of hydrogen-bond donors (Lipinski definition) is 1. The average Bonchev–Trinajstić information content (AvgIpc) is 2.49. The van der Waals surface area contributed by atoms with Crippen molar-refractivity contribution in [2.45, 2.75) is 19.0 Å². The Bertz CT molecular complexity index is 466. The molecule has 1 aromatic carbocycles. The number of hydrogen-bond acceptors (Lipinski definition) is 4. The van der Waals surface area contributed by atoms with Crippen molar-refractivity contribution in [3.63, 3.8) is 0 Å². The van der Waals surface area contributed by atoms with Crippen LogP contribution < -0.4 is 14.8 Å². The minimum atomic E-state index is -0.730. The first-order valence-corrected chi connectivity index (χ1v) is 7.00. The van der Waals surface area contributed by atoms with Gasteiger partial charge in [0.1, 0.15) is 17.7 Å². The predicted octanol–water partition coefficient (Wildman–Crippen LogP) is 2.08. The number of benzene rings is 1. The summed E-state index contributed by atoms with van der Waals surface area (Å²) in [5.41, 5.74) is 0.622. The Labute approximate surface area is 124 Å². The van der Waals surface area contributed by atoms with Gasteiger partial charge in [-0.15, -0.1) is 0 Å². The molecule has 1 fully saturated rings. The van der Waals surface area contributed by atoms with Gasteiger partial charge in [0.15, 0.2) is 0 Å². The van der Waals surface area contributed by atoms with E-state index in [0.717, 1.165) is 0 Å². The maximum Gasteiger partial charge on any atom is 0.238 e. The van der Waals surface area contributed by atoms with Crippen LogP contribution in [0.4, 0.5) is 10.1 Å². The number of nitrogens with one attached hydrogen (secondary N) is 1. The third kappa shape index (κ3) is 4.60. The van der Waals surface area contributed by atoms with E-state index < -0.39 is 6.17 Å². The van der Waals surface area contributed by atoms with Crippen LogP contribution in [0, 0.1) is 0 Å². The van der Waals surface area contributed by atoms with Crippen LogP contribution in [0.3, 0.4) is 0 Å². The first-order chi connectivity index (χ1) is 10.1. The normalized spacial score (nSPS) is 16.5. The Morgan fingerprint density at radius 1 is 1.24 bits per heavy atom. The molecule has 5 nitrogen and oxygen atoms in total. The van der Waals surface area contributed by atoms with Crippen LogP contribution in [0.1, 0.15) is 12.8 Å². The summed E-state index contributed by atoms with van der Waals surface area (Å²) in [5.74, 6) is 1.11. The fraction of sp³-hybridized carbons (Fsp3) is 0.533. The smallest absolute Gasteiger partial charge is 0.238 e. The molecule has 0 radical (unpaired) electrons. The van der Waals surface area contributed by atoms with Gasteiger partial charge in [-0.3, -0.25) is 9.69 Å². The summed E-state index contributed by atoms with van der Waals surface area (Å²) in [6.07, 6.45) is 0.271. The van der Waals surface area contributed by atoms with Gasteiger partial charge in [0.25, 0.3) is 0 Å². The molecule has 1 saturated heterocycles. The average molecular weight is 296 g/mol. The van der Waals surface area contributed by atoms with Crippen LogP contribution in [-0.4, -0.2) is 50.8 Å². The lowest BCUT2D eigenvalue weighted by Crippen LogP contribution is -2.39. The van der Waals surface area contributed by atoms with Gasteiger partial charge >= 0.3 is 0 Å². The van der Waals surface area contributed by atoms with Crippen LogP contribution in [-0.2, 0) is 4.79 Å². The highest BCUT2D eigenvalue weighted by atomic mass is 19.1. The minimum absolute atomic E-state index is 0.123. The van der Waals surface area contributed by atoms with E-state index in [1.165, 1.54) is 0 Å². The first-order valence-electron chi connectivity index (χ1n) is 7.00. The van der Waals surface area contributed by atoms with Crippen molar-refractivity contribution in [2.75, 3.05) is 39.2 Å². The van der Waals surface area contributed by atoms with E-state index in [1.807, 2.05) is 4.90 Å². The summed E-state index contributed by atoms with van der Waals surface area (Å²) in [7, 11) is 3.11. The molecule has 1 aliphatic heterocycles. The van der Waals surface area contributed by atoms with Crippen LogP contribution in [0.5, 0.6) is 11.5 Å². The zero-order valence-electron chi connectivity index (χ0n) is 12.4. The molecule has 6 heteroatoms. The zero-order valence-corrected chi connectivity index (χ0v) is 12.4. The van der Waals surface area contributed by atoms with Gasteiger partial charge < -0.3 is 14.8 Å². The molecule has 21 heavy (non-hydrogen) atoms. The number of anilines is 1. The molecule has 0 aliphatic carbocycles. The SMILES string of the molecule is COc1cc(NC(=O)CN2CCC(F)CC2)cc(OC)c1. The molecule has 1 aliphatic rings. The van der Waals surface area contributed by atoms with Crippen molar-refractivity contribution in [2.24, 2.45) is 0 Å². The second-order valence-corrected chi connectivity index (χ2v) is 5.10. The number of ether oxygens (including phenoxy) is 2. The van der Waals surface area contributed by atoms with Gasteiger partial charge in [-0.05, 0) is 12.8 Å². The van der Waals surface area contributed by atoms with Gasteiger partial charge in [-0.2, -0.15) is 0 Å². The number of nitrogens with zero attached hydrogens (tertiary/aromatic N) is 1. The number of methoxy groups -OCH3 is 2. The highest BCUT2D eigenvalue weighted by Crippen LogP contribution is 2.25. The summed E-state index contributed by atoms with van der Waals surface area (Å²) >= 11 is 0. The molecule has 0 spiro atoms. The lowest BCUT2D eigenvalue weighted by Gasteiger charge is -2.27. The number of rotatable bonds is 5. The largest absolute Gasteiger partial charge is 0.497 e. The molecule has 0 saturated carbocycles. The van der Waals surface area contributed by atoms with Crippen molar-refractivity contribution >= 4 is 11.6 Å². The van der Waals surface area contributed by atoms with Gasteiger partial charge in [-0.1, -0.05) is 0 Å². The predicted molar refractivity (Wildman–Crippen MR) is 78.7 cm³/mol. The van der Waals surface area contributed by atoms with Crippen molar-refractivity contribution in [1.82, 2.24) is 4.90 Å². The van der Waals surface area contributed by atoms with Crippen LogP contribution in [0.25, 0.3) is 0 Å². The first kappa shape index (κ1) is 15.6. The second kappa shape index (κ2) is 7.26. The molecule has 0 bridgehead atoms. The molecule has 116 valence electrons. The van der Waals surface area contributed by atoms with E-state index in [1.54, 1.807) is 32.4 Å². The number of carbonyl (C=O) groups excluding carboxylic acids is 1. The van der Waals surface area contributed by atoms with Crippen LogP contribution in [0.15, 0.2) is 18.2 Å². The highest BCUT2D eigenvalue weighted by molar-refractivity contribution is 5.92. The van der Waals surface area contributed by atoms with Gasteiger partial charge in [-0.25, -0.2) is 4.39 Å². The number of halogens is 1. The zero-order chi connectivity index (χ0) is 15.2. The molecule has 1 amide bonds. The number of carbonyl (C=O) groups is 1. The number of amides is 1. The fourth-order valence-corrected chi connectivity index (χ4v) is 2.34. The third-order valence-corrected chi connectivity index (χ3v) is 3.52. The summed E-state index contributed by atoms with van der Waals surface area (Å²) in [6, 6.07) is 5.20. The van der Waals surface area contributed by atoms with E-state index >= 15 is 0 Å². The summed E-state index contributed by atoms with van der Waals surface area (Å²) in [5, 5.41) is 2.82. The Morgan fingerprint density at radius 3 is 2.33 bits per heavy atom. The minimum Gasteiger partial charge on any atom is -0.497 e. The second-order valence-electron chi connectivity index (χ2n) is 5.10. The van der Waals surface area contributed by atoms with E-state index in [2.05, 4.69) is 5.32 Å². The summed E-state index contributed by atoms with van der Waals surface area (Å²) in [4.78, 5) is 14.0. The van der Waals surface area contributed by atoms with E-state index in [0.29, 0.717) is 43.1 Å². The van der Waals surface area contributed by atoms with E-state index in [9.17, 15) is 9.18 Å². The van der Waals surface area contributed by atoms with Crippen LogP contribution >= 0.6 is 0 Å². The number of alkyl halides is 1. The molecule has 0 unspecified atom stereocenters. The van der Waals surface area contributed by atoms with Crippen LogP contribution in [0.2, 0.25) is 0 Å².